The molecule has 0 fully saturated rings. The molecule has 4 aromatic rings. The van der Waals surface area contributed by atoms with Crippen molar-refractivity contribution in [3.8, 4) is 5.75 Å². The number of fused-ring (bicyclic) bond motifs is 2. The second-order valence-electron chi connectivity index (χ2n) is 8.30. The summed E-state index contributed by atoms with van der Waals surface area (Å²) in [6, 6.07) is 12.9. The Morgan fingerprint density at radius 1 is 1.24 bits per heavy atom. The third kappa shape index (κ3) is 4.11. The number of carbonyl (C=O) groups excluding carboxylic acids is 1. The van der Waals surface area contributed by atoms with Gasteiger partial charge in [0.1, 0.15) is 16.7 Å². The molecule has 3 heterocycles. The summed E-state index contributed by atoms with van der Waals surface area (Å²) in [5.74, 6) is 0.739. The van der Waals surface area contributed by atoms with Crippen LogP contribution < -0.4 is 25.9 Å². The van der Waals surface area contributed by atoms with Crippen LogP contribution in [0.25, 0.3) is 16.7 Å². The predicted molar refractivity (Wildman–Crippen MR) is 128 cm³/mol. The monoisotopic (exact) mass is 446 g/mol. The van der Waals surface area contributed by atoms with E-state index in [4.69, 9.17) is 15.5 Å². The Bertz CT molecular complexity index is 1410. The van der Waals surface area contributed by atoms with E-state index in [9.17, 15) is 9.59 Å². The molecule has 0 bridgehead atoms. The van der Waals surface area contributed by atoms with Gasteiger partial charge in [-0.1, -0.05) is 23.2 Å². The van der Waals surface area contributed by atoms with Gasteiger partial charge in [-0.2, -0.15) is 0 Å². The first-order chi connectivity index (χ1) is 15.8. The van der Waals surface area contributed by atoms with E-state index in [2.05, 4.69) is 5.32 Å². The Hall–Kier alpha value is -3.94. The summed E-state index contributed by atoms with van der Waals surface area (Å²) in [6.07, 6.45) is 2.34. The van der Waals surface area contributed by atoms with E-state index in [1.165, 1.54) is 4.40 Å². The maximum absolute atomic E-state index is 13.3. The van der Waals surface area contributed by atoms with Crippen LogP contribution in [-0.2, 0) is 6.42 Å². The normalized spacial score (nSPS) is 11.3. The molecule has 0 saturated carbocycles. The average molecular weight is 447 g/mol. The summed E-state index contributed by atoms with van der Waals surface area (Å²) in [6.45, 7) is 6.23. The highest BCUT2D eigenvalue weighted by Crippen LogP contribution is 2.18. The van der Waals surface area contributed by atoms with Crippen LogP contribution in [0.4, 0.5) is 5.82 Å². The van der Waals surface area contributed by atoms with Crippen molar-refractivity contribution in [2.45, 2.75) is 33.2 Å². The van der Waals surface area contributed by atoms with Gasteiger partial charge in [0.2, 0.25) is 11.5 Å². The van der Waals surface area contributed by atoms with Crippen molar-refractivity contribution in [1.29, 1.82) is 0 Å². The highest BCUT2D eigenvalue weighted by Gasteiger charge is 2.26. The minimum Gasteiger partial charge on any atom is -0.497 e. The number of benzene rings is 1. The molecule has 0 atom stereocenters. The summed E-state index contributed by atoms with van der Waals surface area (Å²) >= 11 is 0. The number of rotatable bonds is 6. The topological polar surface area (TPSA) is 103 Å². The third-order valence-electron chi connectivity index (χ3n) is 5.74. The molecule has 8 nitrogen and oxygen atoms in total. The molecule has 0 spiro atoms. The van der Waals surface area contributed by atoms with Crippen molar-refractivity contribution in [2.75, 3.05) is 19.4 Å². The van der Waals surface area contributed by atoms with Crippen molar-refractivity contribution in [3.63, 3.8) is 0 Å². The summed E-state index contributed by atoms with van der Waals surface area (Å²) < 4.78 is 8.43. The fourth-order valence-electron chi connectivity index (χ4n) is 3.98. The Kier molecular flexibility index (Phi) is 6.00. The minimum absolute atomic E-state index is 0.0992. The van der Waals surface area contributed by atoms with Crippen LogP contribution in [0, 0.1) is 6.92 Å². The van der Waals surface area contributed by atoms with Crippen molar-refractivity contribution >= 4 is 28.4 Å². The van der Waals surface area contributed by atoms with Gasteiger partial charge in [0.15, 0.2) is 0 Å². The van der Waals surface area contributed by atoms with Gasteiger partial charge in [-0.3, -0.25) is 14.0 Å². The molecule has 170 valence electrons. The number of nitrogens with zero attached hydrogens (tertiary/aromatic N) is 3. The Morgan fingerprint density at radius 2 is 1.97 bits per heavy atom. The number of amides is 1. The second-order valence-corrected chi connectivity index (χ2v) is 8.30. The lowest BCUT2D eigenvalue weighted by Crippen LogP contribution is -2.44. The van der Waals surface area contributed by atoms with Gasteiger partial charge < -0.3 is 15.8 Å². The van der Waals surface area contributed by atoms with Crippen LogP contribution in [0.1, 0.15) is 41.4 Å². The van der Waals surface area contributed by atoms with Gasteiger partial charge in [0.25, 0.3) is 17.1 Å². The lowest BCUT2D eigenvalue weighted by molar-refractivity contribution is -0.679. The van der Waals surface area contributed by atoms with Gasteiger partial charge in [0.05, 0.1) is 13.2 Å². The first kappa shape index (κ1) is 22.3. The fourth-order valence-corrected chi connectivity index (χ4v) is 3.98. The maximum atomic E-state index is 13.3. The van der Waals surface area contributed by atoms with Crippen LogP contribution in [-0.4, -0.2) is 28.9 Å². The Balaban J connectivity index is 1.71. The van der Waals surface area contributed by atoms with E-state index in [0.29, 0.717) is 29.6 Å². The van der Waals surface area contributed by atoms with Crippen molar-refractivity contribution in [1.82, 2.24) is 14.7 Å². The molecule has 0 saturated heterocycles. The lowest BCUT2D eigenvalue weighted by Gasteiger charge is -2.15. The highest BCUT2D eigenvalue weighted by molar-refractivity contribution is 6.00. The van der Waals surface area contributed by atoms with E-state index in [1.54, 1.807) is 30.0 Å². The van der Waals surface area contributed by atoms with Gasteiger partial charge >= 0.3 is 0 Å². The van der Waals surface area contributed by atoms with Crippen LogP contribution in [0.5, 0.6) is 5.75 Å². The van der Waals surface area contributed by atoms with Gasteiger partial charge in [-0.15, -0.1) is 0 Å². The first-order valence-electron chi connectivity index (χ1n) is 10.9. The number of nitrogens with two attached hydrogens (primary N) is 1. The molecule has 1 aromatic carbocycles. The summed E-state index contributed by atoms with van der Waals surface area (Å²) in [5.41, 5.74) is 9.46. The van der Waals surface area contributed by atoms with Gasteiger partial charge in [-0.05, 0) is 57.0 Å². The zero-order valence-electron chi connectivity index (χ0n) is 19.3. The summed E-state index contributed by atoms with van der Waals surface area (Å²) in [7, 11) is 1.62. The smallest absolute Gasteiger partial charge is 0.278 e. The Morgan fingerprint density at radius 3 is 2.64 bits per heavy atom. The number of hydrogen-bond acceptors (Lipinski definition) is 5. The van der Waals surface area contributed by atoms with Crippen molar-refractivity contribution in [3.05, 3.63) is 75.7 Å². The van der Waals surface area contributed by atoms with Gasteiger partial charge in [-0.25, -0.2) is 4.57 Å². The molecule has 4 rings (SSSR count). The van der Waals surface area contributed by atoms with E-state index < -0.39 is 0 Å². The van der Waals surface area contributed by atoms with Gasteiger partial charge in [0, 0.05) is 18.3 Å². The summed E-state index contributed by atoms with van der Waals surface area (Å²) in [5, 5.41) is 3.27. The highest BCUT2D eigenvalue weighted by atomic mass is 16.5. The SMILES string of the molecule is COc1ccc(CCNC(=O)c2cc3c(=O)n4cccc(C)c4nc3[n+](C(C)C)c2N)cc1. The number of anilines is 1. The van der Waals surface area contributed by atoms with E-state index in [-0.39, 0.29) is 28.9 Å². The van der Waals surface area contributed by atoms with Crippen LogP contribution >= 0.6 is 0 Å². The molecule has 0 unspecified atom stereocenters. The number of pyridine rings is 2. The largest absolute Gasteiger partial charge is 0.497 e. The molecule has 33 heavy (non-hydrogen) atoms. The molecule has 0 aliphatic carbocycles. The molecule has 3 aromatic heterocycles. The number of methoxy groups -OCH3 is 1. The van der Waals surface area contributed by atoms with Crippen molar-refractivity contribution in [2.24, 2.45) is 0 Å². The van der Waals surface area contributed by atoms with Crippen molar-refractivity contribution < 1.29 is 14.1 Å². The predicted octanol–water partition coefficient (Wildman–Crippen LogP) is 2.59. The van der Waals surface area contributed by atoms with E-state index in [0.717, 1.165) is 16.9 Å². The quantitative estimate of drug-likeness (QED) is 0.350. The summed E-state index contributed by atoms with van der Waals surface area (Å²) in [4.78, 5) is 31.1. The minimum atomic E-state index is -0.328. The standard InChI is InChI=1S/C25H27N5O3/c1-15(2)30-21(26)19(24(31)27-12-11-17-7-9-18(33-4)10-8-17)14-20-23(30)28-22-16(3)6-5-13-29(22)25(20)32/h5-10,13-15,26H,11-12H2,1-4H3,(H,27,31)/p+1. The number of carbonyl (C=O) groups is 1. The number of nitrogens with one attached hydrogen (secondary N) is 1. The number of nitrogen functional groups attached to an aromatic ring is 1. The average Bonchev–Trinajstić information content (AvgIpc) is 2.79. The fraction of sp³-hybridized carbons (Fsp3) is 0.280. The molecular weight excluding hydrogens is 418 g/mol. The molecular formula is C25H28N5O3+. The maximum Gasteiger partial charge on any atom is 0.278 e. The number of ether oxygens (including phenoxy) is 1. The number of hydrogen-bond donors (Lipinski definition) is 2. The molecule has 3 N–H and O–H groups in total. The van der Waals surface area contributed by atoms with E-state index in [1.807, 2.05) is 51.1 Å². The van der Waals surface area contributed by atoms with E-state index >= 15 is 0 Å². The Labute approximate surface area is 191 Å². The zero-order valence-corrected chi connectivity index (χ0v) is 19.3. The number of aryl methyl sites for hydroxylation is 1. The third-order valence-corrected chi connectivity index (χ3v) is 5.74. The second kappa shape index (κ2) is 8.90. The lowest BCUT2D eigenvalue weighted by atomic mass is 10.1. The molecule has 1 amide bonds. The molecule has 0 radical (unpaired) electrons. The van der Waals surface area contributed by atoms with Crippen LogP contribution in [0.3, 0.4) is 0 Å². The molecule has 8 heteroatoms. The first-order valence-corrected chi connectivity index (χ1v) is 10.9. The molecule has 0 aliphatic rings. The van der Waals surface area contributed by atoms with Crippen LogP contribution in [0.2, 0.25) is 0 Å². The number of aromatic nitrogens is 3. The zero-order chi connectivity index (χ0) is 23.7. The van der Waals surface area contributed by atoms with Crippen LogP contribution in [0.15, 0.2) is 53.5 Å². The molecule has 0 aliphatic heterocycles.